The van der Waals surface area contributed by atoms with Crippen LogP contribution in [0.1, 0.15) is 54.9 Å². The molecule has 154 valence electrons. The van der Waals surface area contributed by atoms with Crippen molar-refractivity contribution in [2.45, 2.75) is 49.3 Å². The Kier molecular flexibility index (Phi) is 15.4. The van der Waals surface area contributed by atoms with Crippen molar-refractivity contribution in [2.75, 3.05) is 11.5 Å². The molecule has 0 saturated carbocycles. The minimum Gasteiger partial charge on any atom is -1.00 e. The molecule has 0 atom stereocenters. The summed E-state index contributed by atoms with van der Waals surface area (Å²) >= 11 is 4.52. The van der Waals surface area contributed by atoms with Crippen LogP contribution in [0.25, 0.3) is 0 Å². The Bertz CT molecular complexity index is 1040. The van der Waals surface area contributed by atoms with Crippen LogP contribution in [0.4, 0.5) is 11.4 Å². The molecule has 0 amide bonds. The molecule has 0 spiro atoms. The molecule has 0 aromatic heterocycles. The van der Waals surface area contributed by atoms with Gasteiger partial charge >= 0.3 is 138 Å². The van der Waals surface area contributed by atoms with E-state index in [2.05, 4.69) is 17.5 Å². The van der Waals surface area contributed by atoms with Crippen molar-refractivity contribution in [3.8, 4) is 0 Å². The van der Waals surface area contributed by atoms with Crippen LogP contribution in [-0.4, -0.2) is 11.7 Å². The summed E-state index contributed by atoms with van der Waals surface area (Å²) in [4.78, 5) is 12.4. The van der Waals surface area contributed by atoms with Crippen molar-refractivity contribution in [3.05, 3.63) is 48.5 Å². The molecule has 5 nitrogen and oxygen atoms in total. The van der Waals surface area contributed by atoms with Crippen molar-refractivity contribution in [3.63, 3.8) is 0 Å². The van der Waals surface area contributed by atoms with Crippen LogP contribution in [0, 0.1) is 5.89 Å². The SMILES string of the molecule is Nc1ccccc1S.O=CO[O-].[2H]C([2H])([2H])C([2H])(C)C([2H])([2H])[2H].[2H]C([2H])([2H])C([2H])(Sc1ccccc1N)C([2H])([2H])[2H].[Cs+].[Cs+].[H-]. The van der Waals surface area contributed by atoms with Gasteiger partial charge in [0.15, 0.2) is 0 Å². The average molecular weight is 693 g/mol. The number of thioether (sulfide) groups is 1. The first kappa shape index (κ1) is 16.8. The van der Waals surface area contributed by atoms with Crippen LogP contribution in [0.15, 0.2) is 58.3 Å². The van der Waals surface area contributed by atoms with Gasteiger partial charge in [-0.05, 0) is 30.2 Å². The van der Waals surface area contributed by atoms with Gasteiger partial charge in [-0.1, -0.05) is 58.6 Å². The zero-order chi connectivity index (χ0) is 33.1. The second-order valence-corrected chi connectivity index (χ2v) is 5.88. The number of benzene rings is 2. The predicted octanol–water partition coefficient (Wildman–Crippen LogP) is -1.46. The van der Waals surface area contributed by atoms with Crippen molar-refractivity contribution in [1.82, 2.24) is 0 Å². The van der Waals surface area contributed by atoms with E-state index in [-0.39, 0.29) is 156 Å². The van der Waals surface area contributed by atoms with Gasteiger partial charge in [0.25, 0.3) is 6.47 Å². The maximum atomic E-state index is 8.64. The predicted molar refractivity (Wildman–Crippen MR) is 119 cm³/mol. The van der Waals surface area contributed by atoms with Gasteiger partial charge in [0.05, 0.1) is 0 Å². The summed E-state index contributed by atoms with van der Waals surface area (Å²) in [6.07, 6.45) is 0. The minimum absolute atomic E-state index is 0. The van der Waals surface area contributed by atoms with Gasteiger partial charge in [-0.15, -0.1) is 24.4 Å². The quantitative estimate of drug-likeness (QED) is 0.0910. The number of nitrogen functional groups attached to an aromatic ring is 2. The molecular weight excluding hydrogens is 646 g/mol. The summed E-state index contributed by atoms with van der Waals surface area (Å²) in [5.41, 5.74) is 12.1. The molecule has 2 aromatic carbocycles. The third kappa shape index (κ3) is 28.2. The standard InChI is InChI=1S/C9H13NS.C6H7NS.C4H10.CH2O3.2Cs.H/c1-7(2)11-9-6-4-3-5-8(9)10;7-5-3-1-2-4-6(5)8;1-4(2)3;2-1-4-3;;;/h3-7H,10H2,1-2H3;1-4,8H,7H2;4H,1-3H3;1,3H;;;/q;;;;2*+1;-1/p-1/i1D3,2D3,7D;;1D3,2D3,4D;;;;. The fourth-order valence-corrected chi connectivity index (χ4v) is 1.88. The van der Waals surface area contributed by atoms with E-state index in [0.29, 0.717) is 11.8 Å². The zero-order valence-electron chi connectivity index (χ0n) is 31.4. The molecule has 2 aromatic rings. The van der Waals surface area contributed by atoms with Gasteiger partial charge in [-0.2, -0.15) is 0 Å². The molecule has 0 fully saturated rings. The molecule has 0 bridgehead atoms. The molecule has 4 N–H and O–H groups in total. The van der Waals surface area contributed by atoms with Gasteiger partial charge in [0, 0.05) is 45.6 Å². The molecule has 0 heterocycles. The van der Waals surface area contributed by atoms with Crippen LogP contribution in [0.3, 0.4) is 0 Å². The number of anilines is 2. The van der Waals surface area contributed by atoms with Crippen molar-refractivity contribution in [2.24, 2.45) is 5.89 Å². The molecule has 0 radical (unpaired) electrons. The molecule has 29 heavy (non-hydrogen) atoms. The molecule has 0 aliphatic carbocycles. The smallest absolute Gasteiger partial charge is 1.00 e. The summed E-state index contributed by atoms with van der Waals surface area (Å²) in [5.74, 6) is -2.37. The van der Waals surface area contributed by atoms with Gasteiger partial charge in [0.1, 0.15) is 0 Å². The summed E-state index contributed by atoms with van der Waals surface area (Å²) in [7, 11) is 0. The van der Waals surface area contributed by atoms with Crippen LogP contribution in [0.5, 0.6) is 0 Å². The van der Waals surface area contributed by atoms with E-state index in [9.17, 15) is 0 Å². The normalized spacial score (nSPS) is 18.0. The zero-order valence-corrected chi connectivity index (χ0v) is 30.7. The van der Waals surface area contributed by atoms with Gasteiger partial charge < -0.3 is 23.0 Å². The number of carbonyl (C=O) groups excluding carboxylic acids is 1. The van der Waals surface area contributed by atoms with Gasteiger partial charge in [-0.3, -0.25) is 4.79 Å². The average Bonchev–Trinajstić information content (AvgIpc) is 2.80. The number of hydrogen-bond donors (Lipinski definition) is 3. The summed E-state index contributed by atoms with van der Waals surface area (Å²) < 4.78 is 99.3. The second kappa shape index (κ2) is 26.5. The van der Waals surface area contributed by atoms with E-state index in [0.717, 1.165) is 17.5 Å². The Morgan fingerprint density at radius 3 is 1.90 bits per heavy atom. The Morgan fingerprint density at radius 1 is 1.10 bits per heavy atom. The van der Waals surface area contributed by atoms with E-state index in [1.165, 1.54) is 12.1 Å². The number of nitrogens with two attached hydrogens (primary N) is 2. The number of carbonyl (C=O) groups is 1. The topological polar surface area (TPSA) is 101 Å². The first-order valence-corrected chi connectivity index (χ1v) is 8.27. The van der Waals surface area contributed by atoms with Crippen LogP contribution in [0.2, 0.25) is 0 Å². The van der Waals surface area contributed by atoms with Gasteiger partial charge in [-0.25, -0.2) is 0 Å². The van der Waals surface area contributed by atoms with Crippen molar-refractivity contribution < 1.29 is 173 Å². The number of rotatable bonds is 3. The fraction of sp³-hybridized carbons (Fsp3) is 0.350. The molecular formula is C20H32Cs2N2O3S2. The summed E-state index contributed by atoms with van der Waals surface area (Å²) in [5, 5.41) is 5.79. The second-order valence-electron chi connectivity index (χ2n) is 4.35. The van der Waals surface area contributed by atoms with Gasteiger partial charge in [0.2, 0.25) is 0 Å². The van der Waals surface area contributed by atoms with E-state index in [1.807, 2.05) is 24.3 Å². The number of hydrogen-bond acceptors (Lipinski definition) is 7. The molecule has 2 rings (SSSR count). The molecule has 0 aliphatic heterocycles. The molecule has 9 heteroatoms. The number of thiol groups is 1. The molecule has 0 aliphatic rings. The maximum absolute atomic E-state index is 8.64. The van der Waals surface area contributed by atoms with E-state index in [4.69, 9.17) is 40.7 Å². The van der Waals surface area contributed by atoms with Crippen LogP contribution < -0.4 is 155 Å². The Hall–Kier alpha value is 2.27. The Labute approximate surface area is 324 Å². The maximum Gasteiger partial charge on any atom is 1.00 e. The molecule has 0 unspecified atom stereocenters. The monoisotopic (exact) mass is 692 g/mol. The third-order valence-corrected chi connectivity index (χ3v) is 3.31. The Morgan fingerprint density at radius 2 is 1.59 bits per heavy atom. The van der Waals surface area contributed by atoms with Crippen LogP contribution in [-0.2, 0) is 9.68 Å². The fourth-order valence-electron chi connectivity index (χ4n) is 1.17. The largest absolute Gasteiger partial charge is 1.00 e. The first-order chi connectivity index (χ1) is 18.2. The number of para-hydroxylation sites is 2. The van der Waals surface area contributed by atoms with E-state index < -0.39 is 38.5 Å². The van der Waals surface area contributed by atoms with Crippen molar-refractivity contribution in [1.29, 1.82) is 0 Å². The van der Waals surface area contributed by atoms with E-state index in [1.54, 1.807) is 12.1 Å². The first-order valence-electron chi connectivity index (χ1n) is 14.0. The van der Waals surface area contributed by atoms with Crippen molar-refractivity contribution >= 4 is 42.2 Å². The summed E-state index contributed by atoms with van der Waals surface area (Å²) in [6.45, 7) is -10.7. The third-order valence-electron chi connectivity index (χ3n) is 2.11. The Balaban J connectivity index is -0.000000168. The molecule has 0 saturated heterocycles. The van der Waals surface area contributed by atoms with Crippen LogP contribution >= 0.6 is 24.4 Å². The summed E-state index contributed by atoms with van der Waals surface area (Å²) in [6, 6.07) is 13.8. The van der Waals surface area contributed by atoms with E-state index >= 15 is 0 Å². The minimum atomic E-state index is -2.95.